The Labute approximate surface area is 159 Å². The van der Waals surface area contributed by atoms with Crippen LogP contribution in [0.1, 0.15) is 28.8 Å². The normalized spacial score (nSPS) is 10.3. The lowest BCUT2D eigenvalue weighted by Crippen LogP contribution is -2.25. The molecule has 1 amide bonds. The van der Waals surface area contributed by atoms with Gasteiger partial charge in [-0.05, 0) is 60.6 Å². The minimum atomic E-state index is -0.505. The number of nitrogens with one attached hydrogen (secondary N) is 1. The summed E-state index contributed by atoms with van der Waals surface area (Å²) < 4.78 is 6.31. The number of ether oxygens (including phenoxy) is 1. The van der Waals surface area contributed by atoms with Crippen molar-refractivity contribution in [1.29, 1.82) is 0 Å². The first-order valence-corrected chi connectivity index (χ1v) is 8.97. The molecule has 0 radical (unpaired) electrons. The fourth-order valence-corrected chi connectivity index (χ4v) is 2.73. The number of nitro benzene ring substituents is 1. The number of halogens is 1. The van der Waals surface area contributed by atoms with Gasteiger partial charge in [0.25, 0.3) is 11.6 Å². The summed E-state index contributed by atoms with van der Waals surface area (Å²) in [5.41, 5.74) is 1.42. The summed E-state index contributed by atoms with van der Waals surface area (Å²) in [5.74, 6) is 0.535. The molecule has 0 unspecified atom stereocenters. The molecule has 0 saturated heterocycles. The Hall–Kier alpha value is -2.16. The first kappa shape index (κ1) is 19.2. The van der Waals surface area contributed by atoms with Crippen molar-refractivity contribution in [2.24, 2.45) is 0 Å². The molecule has 25 heavy (non-hydrogen) atoms. The van der Waals surface area contributed by atoms with E-state index in [-0.39, 0.29) is 11.6 Å². The molecular formula is C18H19IN2O4. The maximum atomic E-state index is 12.2. The molecule has 7 heteroatoms. The Morgan fingerprint density at radius 1 is 1.20 bits per heavy atom. The second-order valence-corrected chi connectivity index (χ2v) is 6.71. The molecule has 0 aliphatic carbocycles. The van der Waals surface area contributed by atoms with E-state index in [1.807, 2.05) is 53.8 Å². The maximum Gasteiger partial charge on any atom is 0.270 e. The van der Waals surface area contributed by atoms with E-state index in [0.717, 1.165) is 18.6 Å². The van der Waals surface area contributed by atoms with Crippen molar-refractivity contribution in [3.8, 4) is 5.75 Å². The van der Waals surface area contributed by atoms with Crippen molar-refractivity contribution in [2.75, 3.05) is 13.2 Å². The third-order valence-electron chi connectivity index (χ3n) is 3.55. The SMILES string of the molecule is Cc1ccc(OCCCCNC(=O)c2cc([N+](=O)[O-])ccc2I)cc1. The average molecular weight is 454 g/mol. The molecule has 0 aliphatic rings. The molecule has 0 bridgehead atoms. The summed E-state index contributed by atoms with van der Waals surface area (Å²) in [5, 5.41) is 13.6. The number of nitro groups is 1. The van der Waals surface area contributed by atoms with Crippen LogP contribution < -0.4 is 10.1 Å². The van der Waals surface area contributed by atoms with Crippen LogP contribution in [0.15, 0.2) is 42.5 Å². The highest BCUT2D eigenvalue weighted by Gasteiger charge is 2.14. The van der Waals surface area contributed by atoms with Gasteiger partial charge in [-0.2, -0.15) is 0 Å². The minimum absolute atomic E-state index is 0.0861. The van der Waals surface area contributed by atoms with Crippen LogP contribution >= 0.6 is 22.6 Å². The Balaban J connectivity index is 1.72. The molecule has 1 N–H and O–H groups in total. The van der Waals surface area contributed by atoms with Crippen LogP contribution in [-0.2, 0) is 0 Å². The number of carbonyl (C=O) groups excluding carboxylic acids is 1. The summed E-state index contributed by atoms with van der Waals surface area (Å²) in [7, 11) is 0. The molecular weight excluding hydrogens is 435 g/mol. The van der Waals surface area contributed by atoms with E-state index >= 15 is 0 Å². The van der Waals surface area contributed by atoms with Crippen LogP contribution in [0.3, 0.4) is 0 Å². The van der Waals surface area contributed by atoms with Gasteiger partial charge in [-0.1, -0.05) is 17.7 Å². The molecule has 0 aromatic heterocycles. The zero-order valence-electron chi connectivity index (χ0n) is 13.8. The first-order chi connectivity index (χ1) is 12.0. The summed E-state index contributed by atoms with van der Waals surface area (Å²) in [6.45, 7) is 3.09. The van der Waals surface area contributed by atoms with Gasteiger partial charge < -0.3 is 10.1 Å². The van der Waals surface area contributed by atoms with E-state index < -0.39 is 4.92 Å². The second-order valence-electron chi connectivity index (χ2n) is 5.55. The van der Waals surface area contributed by atoms with E-state index in [9.17, 15) is 14.9 Å². The summed E-state index contributed by atoms with van der Waals surface area (Å²) in [4.78, 5) is 22.5. The molecule has 0 fully saturated rings. The fourth-order valence-electron chi connectivity index (χ4n) is 2.15. The molecule has 6 nitrogen and oxygen atoms in total. The van der Waals surface area contributed by atoms with Gasteiger partial charge in [0.15, 0.2) is 0 Å². The van der Waals surface area contributed by atoms with E-state index in [2.05, 4.69) is 5.32 Å². The summed E-state index contributed by atoms with van der Waals surface area (Å²) in [6, 6.07) is 12.1. The van der Waals surface area contributed by atoms with E-state index in [1.165, 1.54) is 17.7 Å². The van der Waals surface area contributed by atoms with Gasteiger partial charge in [0.05, 0.1) is 17.1 Å². The molecule has 2 aromatic rings. The van der Waals surface area contributed by atoms with Gasteiger partial charge in [0, 0.05) is 22.2 Å². The van der Waals surface area contributed by atoms with E-state index in [4.69, 9.17) is 4.74 Å². The van der Waals surface area contributed by atoms with Gasteiger partial charge in [-0.25, -0.2) is 0 Å². The van der Waals surface area contributed by atoms with Crippen molar-refractivity contribution >= 4 is 34.2 Å². The van der Waals surface area contributed by atoms with Crippen molar-refractivity contribution < 1.29 is 14.5 Å². The molecule has 0 spiro atoms. The van der Waals surface area contributed by atoms with Crippen LogP contribution in [0, 0.1) is 20.6 Å². The summed E-state index contributed by atoms with van der Waals surface area (Å²) >= 11 is 2.00. The molecule has 0 aliphatic heterocycles. The number of amides is 1. The van der Waals surface area contributed by atoms with Crippen molar-refractivity contribution in [3.63, 3.8) is 0 Å². The monoisotopic (exact) mass is 454 g/mol. The Morgan fingerprint density at radius 2 is 1.92 bits per heavy atom. The second kappa shape index (κ2) is 9.36. The number of rotatable bonds is 8. The van der Waals surface area contributed by atoms with Gasteiger partial charge >= 0.3 is 0 Å². The van der Waals surface area contributed by atoms with E-state index in [1.54, 1.807) is 6.07 Å². The number of nitrogens with zero attached hydrogens (tertiary/aromatic N) is 1. The predicted molar refractivity (Wildman–Crippen MR) is 104 cm³/mol. The van der Waals surface area contributed by atoms with Crippen molar-refractivity contribution in [1.82, 2.24) is 5.32 Å². The van der Waals surface area contributed by atoms with Crippen LogP contribution in [0.5, 0.6) is 5.75 Å². The highest BCUT2D eigenvalue weighted by atomic mass is 127. The lowest BCUT2D eigenvalue weighted by atomic mass is 10.2. The van der Waals surface area contributed by atoms with Crippen molar-refractivity contribution in [3.05, 3.63) is 67.3 Å². The van der Waals surface area contributed by atoms with Crippen LogP contribution in [0.2, 0.25) is 0 Å². The number of non-ortho nitro benzene ring substituents is 1. The molecule has 132 valence electrons. The maximum absolute atomic E-state index is 12.2. The van der Waals surface area contributed by atoms with Gasteiger partial charge in [0.1, 0.15) is 5.75 Å². The third-order valence-corrected chi connectivity index (χ3v) is 4.49. The lowest BCUT2D eigenvalue weighted by molar-refractivity contribution is -0.384. The molecule has 2 aromatic carbocycles. The zero-order chi connectivity index (χ0) is 18.2. The van der Waals surface area contributed by atoms with Crippen molar-refractivity contribution in [2.45, 2.75) is 19.8 Å². The van der Waals surface area contributed by atoms with Gasteiger partial charge in [-0.3, -0.25) is 14.9 Å². The Kier molecular flexibility index (Phi) is 7.17. The number of unbranched alkanes of at least 4 members (excludes halogenated alkanes) is 1. The smallest absolute Gasteiger partial charge is 0.270 e. The molecule has 2 rings (SSSR count). The number of benzene rings is 2. The first-order valence-electron chi connectivity index (χ1n) is 7.89. The van der Waals surface area contributed by atoms with Gasteiger partial charge in [0.2, 0.25) is 0 Å². The highest BCUT2D eigenvalue weighted by Crippen LogP contribution is 2.19. The average Bonchev–Trinajstić information content (AvgIpc) is 2.59. The number of hydrogen-bond acceptors (Lipinski definition) is 4. The molecule has 0 saturated carbocycles. The number of aryl methyl sites for hydroxylation is 1. The number of hydrogen-bond donors (Lipinski definition) is 1. The quantitative estimate of drug-likeness (QED) is 0.282. The van der Waals surface area contributed by atoms with Crippen LogP contribution in [0.4, 0.5) is 5.69 Å². The zero-order valence-corrected chi connectivity index (χ0v) is 16.0. The van der Waals surface area contributed by atoms with Crippen LogP contribution in [-0.4, -0.2) is 24.0 Å². The topological polar surface area (TPSA) is 81.5 Å². The largest absolute Gasteiger partial charge is 0.494 e. The minimum Gasteiger partial charge on any atom is -0.494 e. The predicted octanol–water partition coefficient (Wildman–Crippen LogP) is 4.10. The molecule has 0 atom stereocenters. The Bertz CT molecular complexity index is 747. The highest BCUT2D eigenvalue weighted by molar-refractivity contribution is 14.1. The fraction of sp³-hybridized carbons (Fsp3) is 0.278. The molecule has 0 heterocycles. The lowest BCUT2D eigenvalue weighted by Gasteiger charge is -2.08. The summed E-state index contributed by atoms with van der Waals surface area (Å²) in [6.07, 6.45) is 1.57. The Morgan fingerprint density at radius 3 is 2.60 bits per heavy atom. The standard InChI is InChI=1S/C18H19IN2O4/c1-13-4-7-15(8-5-13)25-11-3-2-10-20-18(22)16-12-14(21(23)24)6-9-17(16)19/h4-9,12H,2-3,10-11H2,1H3,(H,20,22). The third kappa shape index (κ3) is 6.00. The van der Waals surface area contributed by atoms with Gasteiger partial charge in [-0.15, -0.1) is 0 Å². The van der Waals surface area contributed by atoms with E-state index in [0.29, 0.717) is 22.3 Å². The number of carbonyl (C=O) groups is 1. The van der Waals surface area contributed by atoms with Crippen LogP contribution in [0.25, 0.3) is 0 Å².